The van der Waals surface area contributed by atoms with Crippen molar-refractivity contribution in [2.24, 2.45) is 0 Å². The van der Waals surface area contributed by atoms with Crippen LogP contribution in [0.25, 0.3) is 22.2 Å². The van der Waals surface area contributed by atoms with Crippen LogP contribution in [0.5, 0.6) is 5.75 Å². The summed E-state index contributed by atoms with van der Waals surface area (Å²) in [5.74, 6) is 0.728. The van der Waals surface area contributed by atoms with E-state index in [1.165, 1.54) is 0 Å². The van der Waals surface area contributed by atoms with Gasteiger partial charge in [-0.15, -0.1) is 0 Å². The maximum absolute atomic E-state index is 9.65. The zero-order chi connectivity index (χ0) is 15.7. The molecule has 5 heteroatoms. The monoisotopic (exact) mass is 333 g/mol. The number of nitrogens with zero attached hydrogens (tertiary/aromatic N) is 1. The van der Waals surface area contributed by atoms with Crippen molar-refractivity contribution in [1.82, 2.24) is 4.98 Å². The van der Waals surface area contributed by atoms with Gasteiger partial charge in [0.2, 0.25) is 0 Å². The summed E-state index contributed by atoms with van der Waals surface area (Å²) in [5.41, 5.74) is 3.15. The summed E-state index contributed by atoms with van der Waals surface area (Å²) in [5, 5.41) is 11.5. The van der Waals surface area contributed by atoms with Gasteiger partial charge in [0, 0.05) is 10.9 Å². The largest absolute Gasteiger partial charge is 0.497 e. The van der Waals surface area contributed by atoms with Crippen LogP contribution in [0.15, 0.2) is 42.5 Å². The van der Waals surface area contributed by atoms with E-state index in [1.807, 2.05) is 30.3 Å². The summed E-state index contributed by atoms with van der Waals surface area (Å²) in [6, 6.07) is 12.8. The van der Waals surface area contributed by atoms with Gasteiger partial charge in [0.1, 0.15) is 5.75 Å². The maximum Gasteiger partial charge on any atom is 0.119 e. The number of hydrogen-bond acceptors (Lipinski definition) is 3. The number of halogens is 2. The lowest BCUT2D eigenvalue weighted by molar-refractivity contribution is 0.283. The minimum Gasteiger partial charge on any atom is -0.497 e. The molecule has 0 fully saturated rings. The first-order chi connectivity index (χ1) is 10.6. The summed E-state index contributed by atoms with van der Waals surface area (Å²) in [4.78, 5) is 4.63. The van der Waals surface area contributed by atoms with Crippen LogP contribution in [-0.4, -0.2) is 17.2 Å². The zero-order valence-electron chi connectivity index (χ0n) is 11.8. The number of aliphatic hydroxyl groups is 1. The van der Waals surface area contributed by atoms with E-state index in [0.717, 1.165) is 33.5 Å². The van der Waals surface area contributed by atoms with E-state index in [4.69, 9.17) is 27.9 Å². The lowest BCUT2D eigenvalue weighted by Gasteiger charge is -2.10. The fraction of sp³-hybridized carbons (Fsp3) is 0.118. The molecule has 3 aromatic rings. The van der Waals surface area contributed by atoms with Crippen LogP contribution >= 0.6 is 23.2 Å². The van der Waals surface area contributed by atoms with Crippen molar-refractivity contribution in [2.75, 3.05) is 7.11 Å². The van der Waals surface area contributed by atoms with Crippen molar-refractivity contribution < 1.29 is 9.84 Å². The number of pyridine rings is 1. The average Bonchev–Trinajstić information content (AvgIpc) is 2.55. The van der Waals surface area contributed by atoms with E-state index in [9.17, 15) is 5.11 Å². The SMILES string of the molecule is COc1ccc2nc(-c3ccc(Cl)c(Cl)c3)cc(CO)c2c1. The number of hydrogen-bond donors (Lipinski definition) is 1. The molecule has 0 aliphatic rings. The first kappa shape index (κ1) is 15.1. The second kappa shape index (κ2) is 6.13. The molecule has 0 bridgehead atoms. The zero-order valence-corrected chi connectivity index (χ0v) is 13.3. The molecule has 1 heterocycles. The molecule has 0 saturated heterocycles. The molecule has 0 amide bonds. The Morgan fingerprint density at radius 1 is 1.05 bits per heavy atom. The van der Waals surface area contributed by atoms with Crippen LogP contribution < -0.4 is 4.74 Å². The molecule has 0 radical (unpaired) electrons. The van der Waals surface area contributed by atoms with E-state index < -0.39 is 0 Å². The molecule has 3 nitrogen and oxygen atoms in total. The molecule has 0 aliphatic heterocycles. The number of ether oxygens (including phenoxy) is 1. The highest BCUT2D eigenvalue weighted by Gasteiger charge is 2.09. The first-order valence-electron chi connectivity index (χ1n) is 6.66. The third-order valence-electron chi connectivity index (χ3n) is 3.49. The molecule has 1 N–H and O–H groups in total. The van der Waals surface area contributed by atoms with Crippen molar-refractivity contribution in [3.8, 4) is 17.0 Å². The normalized spacial score (nSPS) is 10.9. The Hall–Kier alpha value is -1.81. The quantitative estimate of drug-likeness (QED) is 0.754. The lowest BCUT2D eigenvalue weighted by atomic mass is 10.0. The number of aromatic nitrogens is 1. The van der Waals surface area contributed by atoms with E-state index in [0.29, 0.717) is 10.0 Å². The van der Waals surface area contributed by atoms with Gasteiger partial charge >= 0.3 is 0 Å². The Morgan fingerprint density at radius 2 is 1.86 bits per heavy atom. The van der Waals surface area contributed by atoms with Gasteiger partial charge in [-0.3, -0.25) is 0 Å². The number of aliphatic hydroxyl groups excluding tert-OH is 1. The summed E-state index contributed by atoms with van der Waals surface area (Å²) in [6.07, 6.45) is 0. The summed E-state index contributed by atoms with van der Waals surface area (Å²) < 4.78 is 5.22. The fourth-order valence-corrected chi connectivity index (χ4v) is 2.63. The van der Waals surface area contributed by atoms with Gasteiger partial charge in [-0.05, 0) is 42.0 Å². The molecule has 22 heavy (non-hydrogen) atoms. The predicted molar refractivity (Wildman–Crippen MR) is 89.7 cm³/mol. The number of rotatable bonds is 3. The Bertz CT molecular complexity index is 849. The van der Waals surface area contributed by atoms with Crippen molar-refractivity contribution in [2.45, 2.75) is 6.61 Å². The summed E-state index contributed by atoms with van der Waals surface area (Å²) in [6.45, 7) is -0.0828. The van der Waals surface area contributed by atoms with Gasteiger partial charge in [0.25, 0.3) is 0 Å². The van der Waals surface area contributed by atoms with E-state index in [-0.39, 0.29) is 6.61 Å². The van der Waals surface area contributed by atoms with Gasteiger partial charge in [-0.2, -0.15) is 0 Å². The predicted octanol–water partition coefficient (Wildman–Crippen LogP) is 4.71. The van der Waals surface area contributed by atoms with Crippen LogP contribution in [0.2, 0.25) is 10.0 Å². The molecule has 112 valence electrons. The number of benzene rings is 2. The topological polar surface area (TPSA) is 42.4 Å². The van der Waals surface area contributed by atoms with Crippen LogP contribution in [0.1, 0.15) is 5.56 Å². The Kier molecular flexibility index (Phi) is 4.21. The van der Waals surface area contributed by atoms with Crippen LogP contribution in [0.3, 0.4) is 0 Å². The minimum atomic E-state index is -0.0828. The Labute approximate surface area is 138 Å². The van der Waals surface area contributed by atoms with Gasteiger partial charge in [0.05, 0.1) is 35.0 Å². The minimum absolute atomic E-state index is 0.0828. The second-order valence-corrected chi connectivity index (χ2v) is 5.65. The molecular formula is C17H13Cl2NO2. The fourth-order valence-electron chi connectivity index (χ4n) is 2.34. The van der Waals surface area contributed by atoms with Crippen molar-refractivity contribution in [3.05, 3.63) is 58.1 Å². The van der Waals surface area contributed by atoms with E-state index in [2.05, 4.69) is 4.98 Å². The van der Waals surface area contributed by atoms with Crippen molar-refractivity contribution in [3.63, 3.8) is 0 Å². The van der Waals surface area contributed by atoms with Crippen molar-refractivity contribution in [1.29, 1.82) is 0 Å². The summed E-state index contributed by atoms with van der Waals surface area (Å²) >= 11 is 12.0. The van der Waals surface area contributed by atoms with Gasteiger partial charge in [-0.25, -0.2) is 4.98 Å². The van der Waals surface area contributed by atoms with Gasteiger partial charge in [-0.1, -0.05) is 29.3 Å². The molecule has 1 aromatic heterocycles. The van der Waals surface area contributed by atoms with Gasteiger partial charge < -0.3 is 9.84 Å². The smallest absolute Gasteiger partial charge is 0.119 e. The summed E-state index contributed by atoms with van der Waals surface area (Å²) in [7, 11) is 1.61. The third kappa shape index (κ3) is 2.75. The number of fused-ring (bicyclic) bond motifs is 1. The van der Waals surface area contributed by atoms with Crippen LogP contribution in [-0.2, 0) is 6.61 Å². The molecule has 0 atom stereocenters. The first-order valence-corrected chi connectivity index (χ1v) is 7.42. The number of methoxy groups -OCH3 is 1. The van der Waals surface area contributed by atoms with Gasteiger partial charge in [0.15, 0.2) is 0 Å². The third-order valence-corrected chi connectivity index (χ3v) is 4.23. The Morgan fingerprint density at radius 3 is 2.55 bits per heavy atom. The highest BCUT2D eigenvalue weighted by Crippen LogP contribution is 2.31. The molecule has 0 aliphatic carbocycles. The van der Waals surface area contributed by atoms with E-state index in [1.54, 1.807) is 19.2 Å². The Balaban J connectivity index is 2.20. The van der Waals surface area contributed by atoms with E-state index >= 15 is 0 Å². The lowest BCUT2D eigenvalue weighted by Crippen LogP contribution is -1.94. The second-order valence-electron chi connectivity index (χ2n) is 4.84. The molecule has 0 spiro atoms. The molecule has 0 unspecified atom stereocenters. The molecule has 0 saturated carbocycles. The average molecular weight is 334 g/mol. The van der Waals surface area contributed by atoms with Crippen LogP contribution in [0, 0.1) is 0 Å². The molecule has 3 rings (SSSR count). The van der Waals surface area contributed by atoms with Crippen LogP contribution in [0.4, 0.5) is 0 Å². The van der Waals surface area contributed by atoms with Crippen molar-refractivity contribution >= 4 is 34.1 Å². The molecular weight excluding hydrogens is 321 g/mol. The standard InChI is InChI=1S/C17H13Cl2NO2/c1-22-12-3-5-16-13(8-12)11(9-21)7-17(20-16)10-2-4-14(18)15(19)6-10/h2-8,21H,9H2,1H3. The highest BCUT2D eigenvalue weighted by molar-refractivity contribution is 6.42. The molecule has 2 aromatic carbocycles. The maximum atomic E-state index is 9.65. The highest BCUT2D eigenvalue weighted by atomic mass is 35.5.